The van der Waals surface area contributed by atoms with Gasteiger partial charge in [0.15, 0.2) is 0 Å². The van der Waals surface area contributed by atoms with Crippen molar-refractivity contribution in [3.05, 3.63) is 76.6 Å². The van der Waals surface area contributed by atoms with Crippen LogP contribution >= 0.6 is 0 Å². The zero-order chi connectivity index (χ0) is 34.2. The van der Waals surface area contributed by atoms with Crippen LogP contribution in [-0.4, -0.2) is 73.7 Å². The highest BCUT2D eigenvalue weighted by Gasteiger charge is 2.29. The Hall–Kier alpha value is -4.87. The monoisotopic (exact) mass is 666 g/mol. The number of carbonyl (C=O) groups excluding carboxylic acids is 3. The SMILES string of the molecule is CCOC(=O)N(CC(=O)[O-])S(=O)(=O)NCc1ccc2ccc(C#[N+]c3ccc(OC4CCN(C(=O)OC(C)(C)C)CC4)cc3)cc2c1. The summed E-state index contributed by atoms with van der Waals surface area (Å²) in [5, 5.41) is 12.7. The highest BCUT2D eigenvalue weighted by molar-refractivity contribution is 7.87. The molecule has 1 fully saturated rings. The van der Waals surface area contributed by atoms with E-state index in [0.29, 0.717) is 48.5 Å². The largest absolute Gasteiger partial charge is 0.548 e. The van der Waals surface area contributed by atoms with Gasteiger partial charge in [-0.15, -0.1) is 0 Å². The number of amides is 2. The number of fused-ring (bicyclic) bond motifs is 1. The topological polar surface area (TPSA) is 159 Å². The van der Waals surface area contributed by atoms with Crippen LogP contribution in [0.4, 0.5) is 15.3 Å². The molecule has 14 heteroatoms. The molecule has 0 unspecified atom stereocenters. The van der Waals surface area contributed by atoms with Crippen LogP contribution in [0.2, 0.25) is 0 Å². The molecule has 0 atom stereocenters. The van der Waals surface area contributed by atoms with Crippen LogP contribution in [0.15, 0.2) is 60.7 Å². The minimum Gasteiger partial charge on any atom is -0.548 e. The van der Waals surface area contributed by atoms with Crippen molar-refractivity contribution >= 4 is 44.8 Å². The maximum absolute atomic E-state index is 12.7. The number of carboxylic acid groups (broad SMARTS) is 1. The summed E-state index contributed by atoms with van der Waals surface area (Å²) in [4.78, 5) is 41.5. The first kappa shape index (κ1) is 35.0. The van der Waals surface area contributed by atoms with Crippen molar-refractivity contribution in [2.75, 3.05) is 26.2 Å². The molecule has 0 spiro atoms. The van der Waals surface area contributed by atoms with Gasteiger partial charge in [-0.3, -0.25) is 0 Å². The first-order valence-corrected chi connectivity index (χ1v) is 16.5. The molecule has 1 aliphatic heterocycles. The molecular formula is C33H38N4O9S. The highest BCUT2D eigenvalue weighted by atomic mass is 32.2. The minimum absolute atomic E-state index is 0.00839. The average Bonchev–Trinajstić information content (AvgIpc) is 3.01. The van der Waals surface area contributed by atoms with Crippen LogP contribution in [-0.2, 0) is 31.0 Å². The second kappa shape index (κ2) is 15.1. The summed E-state index contributed by atoms with van der Waals surface area (Å²) in [5.41, 5.74) is 1.40. The Morgan fingerprint density at radius 3 is 2.34 bits per heavy atom. The zero-order valence-corrected chi connectivity index (χ0v) is 27.5. The number of nitrogens with zero attached hydrogens (tertiary/aromatic N) is 3. The molecule has 0 radical (unpaired) electrons. The summed E-state index contributed by atoms with van der Waals surface area (Å²) in [5.74, 6) is -1.05. The molecule has 3 aromatic rings. The van der Waals surface area contributed by atoms with Crippen molar-refractivity contribution in [3.8, 4) is 11.8 Å². The molecule has 1 saturated heterocycles. The van der Waals surface area contributed by atoms with Gasteiger partial charge < -0.3 is 29.0 Å². The van der Waals surface area contributed by atoms with Crippen LogP contribution in [0.25, 0.3) is 15.6 Å². The van der Waals surface area contributed by atoms with Gasteiger partial charge in [-0.1, -0.05) is 18.2 Å². The molecule has 47 heavy (non-hydrogen) atoms. The van der Waals surface area contributed by atoms with Crippen molar-refractivity contribution < 1.29 is 42.1 Å². The quantitative estimate of drug-likeness (QED) is 0.354. The number of nitrogens with one attached hydrogen (secondary N) is 1. The highest BCUT2D eigenvalue weighted by Crippen LogP contribution is 2.24. The van der Waals surface area contributed by atoms with Gasteiger partial charge in [-0.25, -0.2) is 9.59 Å². The predicted octanol–water partition coefficient (Wildman–Crippen LogP) is 4.17. The first-order valence-electron chi connectivity index (χ1n) is 15.1. The Balaban J connectivity index is 1.35. The van der Waals surface area contributed by atoms with E-state index in [-0.39, 0.29) is 29.7 Å². The standard InChI is InChI=1S/C33H38N4O9S/c1-5-44-32(41)37(22-30(38)39)47(42,43)35-21-24-7-9-25-8-6-23(18-26(25)19-24)20-34-27-10-12-28(13-11-27)45-29-14-16-36(17-15-29)31(40)46-33(2,3)4/h6-13,18-19,29,35H,5,14-17,21-22H2,1-4H3. The zero-order valence-electron chi connectivity index (χ0n) is 26.7. The van der Waals surface area contributed by atoms with E-state index >= 15 is 0 Å². The van der Waals surface area contributed by atoms with Gasteiger partial charge in [0.25, 0.3) is 0 Å². The molecule has 0 bridgehead atoms. The Morgan fingerprint density at radius 2 is 1.70 bits per heavy atom. The third kappa shape index (κ3) is 10.3. The predicted molar refractivity (Wildman–Crippen MR) is 172 cm³/mol. The number of rotatable bonds is 9. The number of piperidine rings is 1. The second-order valence-electron chi connectivity index (χ2n) is 11.8. The van der Waals surface area contributed by atoms with E-state index in [2.05, 4.69) is 20.4 Å². The molecule has 1 N–H and O–H groups in total. The van der Waals surface area contributed by atoms with Crippen LogP contribution in [0.5, 0.6) is 5.75 Å². The maximum atomic E-state index is 12.7. The van der Waals surface area contributed by atoms with Gasteiger partial charge in [0, 0.05) is 44.6 Å². The van der Waals surface area contributed by atoms with Gasteiger partial charge in [0.1, 0.15) is 23.0 Å². The molecule has 0 aromatic heterocycles. The van der Waals surface area contributed by atoms with Crippen molar-refractivity contribution in [1.29, 1.82) is 0 Å². The van der Waals surface area contributed by atoms with E-state index in [1.807, 2.05) is 69.3 Å². The fourth-order valence-corrected chi connectivity index (χ4v) is 5.72. The number of carbonyl (C=O) groups is 3. The average molecular weight is 667 g/mol. The Morgan fingerprint density at radius 1 is 1.02 bits per heavy atom. The number of hydrogen-bond acceptors (Lipinski definition) is 9. The lowest BCUT2D eigenvalue weighted by Crippen LogP contribution is -2.49. The van der Waals surface area contributed by atoms with E-state index in [4.69, 9.17) is 9.47 Å². The van der Waals surface area contributed by atoms with Crippen molar-refractivity contribution in [1.82, 2.24) is 13.9 Å². The van der Waals surface area contributed by atoms with Crippen LogP contribution < -0.4 is 14.6 Å². The fourth-order valence-electron chi connectivity index (χ4n) is 4.69. The van der Waals surface area contributed by atoms with Crippen molar-refractivity contribution in [2.45, 2.75) is 58.8 Å². The number of ether oxygens (including phenoxy) is 3. The first-order chi connectivity index (χ1) is 22.2. The molecule has 3 aromatic carbocycles. The number of aliphatic carboxylic acids is 1. The Kier molecular flexibility index (Phi) is 11.3. The van der Waals surface area contributed by atoms with Gasteiger partial charge in [-0.05, 0) is 79.2 Å². The molecule has 250 valence electrons. The van der Waals surface area contributed by atoms with Crippen molar-refractivity contribution in [3.63, 3.8) is 0 Å². The molecule has 4 rings (SSSR count). The van der Waals surface area contributed by atoms with Crippen LogP contribution in [0.3, 0.4) is 0 Å². The van der Waals surface area contributed by atoms with Crippen LogP contribution in [0, 0.1) is 6.07 Å². The summed E-state index contributed by atoms with van der Waals surface area (Å²) < 4.78 is 43.9. The Bertz CT molecular complexity index is 1770. The molecule has 1 aliphatic rings. The lowest BCUT2D eigenvalue weighted by molar-refractivity contribution is -0.305. The van der Waals surface area contributed by atoms with Gasteiger partial charge >= 0.3 is 34.2 Å². The molecule has 0 saturated carbocycles. The van der Waals surface area contributed by atoms with E-state index in [9.17, 15) is 27.9 Å². The van der Waals surface area contributed by atoms with E-state index in [0.717, 1.165) is 10.8 Å². The summed E-state index contributed by atoms with van der Waals surface area (Å²) in [6.07, 6.45) is -0.220. The smallest absolute Gasteiger partial charge is 0.424 e. The van der Waals surface area contributed by atoms with Crippen molar-refractivity contribution in [2.24, 2.45) is 0 Å². The third-order valence-electron chi connectivity index (χ3n) is 6.94. The maximum Gasteiger partial charge on any atom is 0.424 e. The number of benzene rings is 3. The lowest BCUT2D eigenvalue weighted by atomic mass is 10.0. The summed E-state index contributed by atoms with van der Waals surface area (Å²) in [6, 6.07) is 21.2. The van der Waals surface area contributed by atoms with E-state index in [1.165, 1.54) is 6.92 Å². The van der Waals surface area contributed by atoms with E-state index < -0.39 is 34.4 Å². The molecule has 2 amide bonds. The number of likely N-dealkylation sites (tertiary alicyclic amines) is 1. The summed E-state index contributed by atoms with van der Waals surface area (Å²) >= 11 is 0. The van der Waals surface area contributed by atoms with Gasteiger partial charge in [-0.2, -0.15) is 17.4 Å². The second-order valence-corrected chi connectivity index (χ2v) is 13.5. The number of carboxylic acids is 1. The normalized spacial score (nSPS) is 13.7. The molecular weight excluding hydrogens is 628 g/mol. The molecule has 13 nitrogen and oxygen atoms in total. The molecule has 1 heterocycles. The summed E-state index contributed by atoms with van der Waals surface area (Å²) in [7, 11) is -4.53. The third-order valence-corrected chi connectivity index (χ3v) is 8.31. The summed E-state index contributed by atoms with van der Waals surface area (Å²) in [6.45, 7) is 6.62. The molecule has 0 aliphatic carbocycles. The lowest BCUT2D eigenvalue weighted by Gasteiger charge is -2.33. The fraction of sp³-hybridized carbons (Fsp3) is 0.394. The number of hydrogen-bond donors (Lipinski definition) is 1. The van der Waals surface area contributed by atoms with Crippen LogP contribution in [0.1, 0.15) is 51.7 Å². The van der Waals surface area contributed by atoms with Gasteiger partial charge in [0.05, 0.1) is 19.1 Å². The Labute approximate surface area is 274 Å². The van der Waals surface area contributed by atoms with Gasteiger partial charge in [0.2, 0.25) is 0 Å². The minimum atomic E-state index is -4.53. The van der Waals surface area contributed by atoms with E-state index in [1.54, 1.807) is 17.0 Å².